The Balaban J connectivity index is 0.000000215. The number of aromatic nitrogens is 4. The van der Waals surface area contributed by atoms with Gasteiger partial charge in [-0.3, -0.25) is 23.7 Å². The average Bonchev–Trinajstić information content (AvgIpc) is 3.78. The number of nitrogens with zero attached hydrogens (tertiary/aromatic N) is 5. The third-order valence-corrected chi connectivity index (χ3v) is 12.5. The molecule has 2 aromatic heterocycles. The van der Waals surface area contributed by atoms with E-state index in [9.17, 15) is 40.7 Å². The lowest BCUT2D eigenvalue weighted by atomic mass is 9.78. The molecule has 2 aromatic carbocycles. The van der Waals surface area contributed by atoms with Crippen molar-refractivity contribution in [2.24, 2.45) is 33.9 Å². The molecule has 65 heavy (non-hydrogen) atoms. The summed E-state index contributed by atoms with van der Waals surface area (Å²) >= 11 is 11.8. The fourth-order valence-corrected chi connectivity index (χ4v) is 8.81. The molecule has 2 atom stereocenters. The number of fused-ring (bicyclic) bond motifs is 2. The summed E-state index contributed by atoms with van der Waals surface area (Å²) in [6, 6.07) is 7.86. The molecule has 8 rings (SSSR count). The molecule has 7 N–H and O–H groups in total. The number of hydrogen-bond donors (Lipinski definition) is 4. The molecule has 2 fully saturated rings. The molecule has 20 heteroatoms. The van der Waals surface area contributed by atoms with Gasteiger partial charge in [0.1, 0.15) is 23.0 Å². The molecule has 4 aliphatic rings. The number of alkyl halides is 4. The number of carbonyl (C=O) groups is 3. The Bertz CT molecular complexity index is 2440. The van der Waals surface area contributed by atoms with Gasteiger partial charge in [0, 0.05) is 70.3 Å². The quantitative estimate of drug-likeness (QED) is 0.139. The van der Waals surface area contributed by atoms with Gasteiger partial charge >= 0.3 is 0 Å². The van der Waals surface area contributed by atoms with E-state index in [-0.39, 0.29) is 101 Å². The number of nitrogens with one attached hydrogen (secondary N) is 1. The Hall–Kier alpha value is -4.65. The standard InChI is InChI=1S/C23H26ClF3N4O2.C17H20ClFN4O.C4H7F2N.CH4/c1-22(2,3)17-11-30(18(32)6-12-8-23(26,27)9-12)10-16-19(21(28)33)20(29-31(16)17)13-4-5-15(25)14(24)7-13;1-17(2,3)13-8-21-7-12-14(16(20)24)15(22-23(12)13)9-4-5-11(19)10(18)6-9;5-4(6)1-3(7)2-4;/h4-5,7,12,17H,6,8-11H2,1-3H3,(H2,28,33);4-6,13,21H,7-8H2,1-3H3,(H2,20,24);3H,1-2,7H2;1H4/i;;;1D. The van der Waals surface area contributed by atoms with Crippen LogP contribution in [0.1, 0.15) is 127 Å². The van der Waals surface area contributed by atoms with Crippen LogP contribution in [-0.2, 0) is 17.9 Å². The lowest BCUT2D eigenvalue weighted by molar-refractivity contribution is -0.144. The van der Waals surface area contributed by atoms with Gasteiger partial charge in [0.25, 0.3) is 17.7 Å². The summed E-state index contributed by atoms with van der Waals surface area (Å²) < 4.78 is 86.4. The van der Waals surface area contributed by atoms with Crippen LogP contribution in [0, 0.1) is 28.4 Å². The number of rotatable bonds is 6. The topological polar surface area (TPSA) is 180 Å². The molecule has 2 aliphatic carbocycles. The van der Waals surface area contributed by atoms with E-state index >= 15 is 0 Å². The number of carbonyl (C=O) groups excluding carboxylic acids is 3. The first kappa shape index (κ1) is 49.8. The molecule has 12 nitrogen and oxygen atoms in total. The minimum Gasteiger partial charge on any atom is -0.365 e. The monoisotopic (exact) mass is 956 g/mol. The van der Waals surface area contributed by atoms with Gasteiger partial charge in [-0.15, -0.1) is 0 Å². The van der Waals surface area contributed by atoms with Gasteiger partial charge < -0.3 is 27.4 Å². The van der Waals surface area contributed by atoms with Crippen molar-refractivity contribution in [3.05, 3.63) is 80.6 Å². The number of hydrogen-bond acceptors (Lipinski definition) is 7. The second kappa shape index (κ2) is 18.9. The Morgan fingerprint density at radius 3 is 1.62 bits per heavy atom. The lowest BCUT2D eigenvalue weighted by Crippen LogP contribution is -2.47. The van der Waals surface area contributed by atoms with Gasteiger partial charge in [0.05, 0.1) is 51.2 Å². The van der Waals surface area contributed by atoms with Crippen molar-refractivity contribution >= 4 is 40.9 Å². The van der Waals surface area contributed by atoms with E-state index in [0.717, 1.165) is 12.2 Å². The SMILES string of the molecule is CC(C)(C)C1CN(C(=O)CC2CC(F)(F)C2)Cc2c(C(N)=O)c(-c3ccc(F)c(Cl)c3)nn21.CC(C)(C)C1CNCc2c(C(N)=O)c(-c3ccc(F)c(Cl)c3)nn21.NC1CC(F)(F)C1.[2H]C. The highest BCUT2D eigenvalue weighted by molar-refractivity contribution is 6.31. The molecule has 2 unspecified atom stereocenters. The highest BCUT2D eigenvalue weighted by Gasteiger charge is 2.47. The number of amides is 3. The van der Waals surface area contributed by atoms with Crippen LogP contribution in [-0.4, -0.2) is 73.2 Å². The van der Waals surface area contributed by atoms with Crippen LogP contribution in [0.15, 0.2) is 36.4 Å². The first-order valence-corrected chi connectivity index (χ1v) is 21.6. The second-order valence-corrected chi connectivity index (χ2v) is 20.1. The molecular weight excluding hydrogens is 899 g/mol. The molecular formula is C45H57Cl2F6N9O3. The van der Waals surface area contributed by atoms with Crippen LogP contribution < -0.4 is 22.5 Å². The predicted molar refractivity (Wildman–Crippen MR) is 238 cm³/mol. The van der Waals surface area contributed by atoms with Crippen molar-refractivity contribution in [2.75, 3.05) is 13.1 Å². The zero-order valence-corrected chi connectivity index (χ0v) is 38.9. The van der Waals surface area contributed by atoms with Crippen LogP contribution in [0.5, 0.6) is 0 Å². The summed E-state index contributed by atoms with van der Waals surface area (Å²) in [6.45, 7) is 14.0. The van der Waals surface area contributed by atoms with Gasteiger partial charge in [-0.1, -0.05) is 72.1 Å². The van der Waals surface area contributed by atoms with Crippen LogP contribution >= 0.6 is 23.2 Å². The minimum absolute atomic E-state index is 0.0145. The van der Waals surface area contributed by atoms with Gasteiger partial charge in [-0.05, 0) is 53.1 Å². The van der Waals surface area contributed by atoms with E-state index in [0.29, 0.717) is 41.2 Å². The third-order valence-electron chi connectivity index (χ3n) is 12.0. The zero-order chi connectivity index (χ0) is 49.4. The number of benzene rings is 2. The van der Waals surface area contributed by atoms with E-state index < -0.39 is 35.3 Å². The minimum atomic E-state index is -2.69. The molecule has 0 radical (unpaired) electrons. The Morgan fingerprint density at radius 2 is 1.23 bits per heavy atom. The molecule has 2 aliphatic heterocycles. The maximum absolute atomic E-state index is 13.7. The predicted octanol–water partition coefficient (Wildman–Crippen LogP) is 9.32. The fourth-order valence-electron chi connectivity index (χ4n) is 8.45. The number of nitrogens with two attached hydrogens (primary N) is 3. The summed E-state index contributed by atoms with van der Waals surface area (Å²) in [7, 11) is 1.25. The van der Waals surface area contributed by atoms with Crippen LogP contribution in [0.4, 0.5) is 26.3 Å². The normalized spacial score (nSPS) is 20.1. The second-order valence-electron chi connectivity index (χ2n) is 19.2. The molecule has 3 amide bonds. The van der Waals surface area contributed by atoms with E-state index in [2.05, 4.69) is 36.3 Å². The van der Waals surface area contributed by atoms with Gasteiger partial charge in [0.15, 0.2) is 0 Å². The fraction of sp³-hybridized carbons (Fsp3) is 0.533. The highest BCUT2D eigenvalue weighted by atomic mass is 35.5. The average molecular weight is 958 g/mol. The zero-order valence-electron chi connectivity index (χ0n) is 38.4. The van der Waals surface area contributed by atoms with Crippen molar-refractivity contribution in [2.45, 2.75) is 124 Å². The Labute approximate surface area is 385 Å². The van der Waals surface area contributed by atoms with Crippen molar-refractivity contribution in [3.63, 3.8) is 0 Å². The molecule has 4 heterocycles. The largest absolute Gasteiger partial charge is 0.365 e. The maximum atomic E-state index is 13.7. The molecule has 0 saturated heterocycles. The van der Waals surface area contributed by atoms with Gasteiger partial charge in [-0.2, -0.15) is 10.2 Å². The van der Waals surface area contributed by atoms with Crippen molar-refractivity contribution in [1.82, 2.24) is 29.8 Å². The molecule has 4 aromatic rings. The molecule has 0 spiro atoms. The molecule has 0 bridgehead atoms. The van der Waals surface area contributed by atoms with Crippen LogP contribution in [0.3, 0.4) is 0 Å². The summed E-state index contributed by atoms with van der Waals surface area (Å²) in [5.74, 6) is -8.10. The first-order chi connectivity index (χ1) is 30.6. The van der Waals surface area contributed by atoms with Crippen molar-refractivity contribution in [1.29, 1.82) is 0 Å². The third kappa shape index (κ3) is 11.3. The Morgan fingerprint density at radius 1 is 0.785 bits per heavy atom. The van der Waals surface area contributed by atoms with Crippen LogP contribution in [0.25, 0.3) is 22.5 Å². The van der Waals surface area contributed by atoms with E-state index in [1.807, 2.05) is 25.5 Å². The van der Waals surface area contributed by atoms with E-state index in [1.54, 1.807) is 15.6 Å². The van der Waals surface area contributed by atoms with Crippen molar-refractivity contribution in [3.8, 4) is 22.5 Å². The van der Waals surface area contributed by atoms with E-state index in [1.165, 1.54) is 37.7 Å². The number of primary amides is 2. The summed E-state index contributed by atoms with van der Waals surface area (Å²) in [5, 5.41) is 12.5. The smallest absolute Gasteiger partial charge is 0.252 e. The molecule has 356 valence electrons. The van der Waals surface area contributed by atoms with Crippen LogP contribution in [0.2, 0.25) is 10.0 Å². The van der Waals surface area contributed by atoms with Crippen molar-refractivity contribution < 1.29 is 42.1 Å². The summed E-state index contributed by atoms with van der Waals surface area (Å²) in [4.78, 5) is 39.2. The highest BCUT2D eigenvalue weighted by Crippen LogP contribution is 2.45. The summed E-state index contributed by atoms with van der Waals surface area (Å²) in [6.07, 6.45) is -0.767. The molecule has 2 saturated carbocycles. The number of halogens is 8. The maximum Gasteiger partial charge on any atom is 0.252 e. The lowest BCUT2D eigenvalue weighted by Gasteiger charge is -2.42. The van der Waals surface area contributed by atoms with E-state index in [4.69, 9.17) is 41.8 Å². The first-order valence-electron chi connectivity index (χ1n) is 21.8. The van der Waals surface area contributed by atoms with Gasteiger partial charge in [0.2, 0.25) is 11.8 Å². The van der Waals surface area contributed by atoms with Gasteiger partial charge in [-0.25, -0.2) is 26.3 Å². The summed E-state index contributed by atoms with van der Waals surface area (Å²) in [5.41, 5.74) is 19.4. The Kier molecular flexibility index (Phi) is 14.5.